The monoisotopic (exact) mass is 349 g/mol. The standard InChI is InChI=1S/C19H19N5O2/c25-19(16-5-7-20-18(10-16)24-12-22-23-13-24)21-11-14-6-8-26-17-4-2-1-3-15(17)9-14/h1-5,7,10,12-14H,6,8-9,11H2,(H,21,25). The van der Waals surface area contributed by atoms with Gasteiger partial charge >= 0.3 is 0 Å². The van der Waals surface area contributed by atoms with E-state index in [4.69, 9.17) is 4.74 Å². The van der Waals surface area contributed by atoms with Gasteiger partial charge in [0.2, 0.25) is 0 Å². The molecule has 0 radical (unpaired) electrons. The number of para-hydroxylation sites is 1. The summed E-state index contributed by atoms with van der Waals surface area (Å²) in [6.07, 6.45) is 6.52. The number of ether oxygens (including phenoxy) is 1. The van der Waals surface area contributed by atoms with E-state index in [-0.39, 0.29) is 5.91 Å². The topological polar surface area (TPSA) is 81.9 Å². The molecule has 4 rings (SSSR count). The van der Waals surface area contributed by atoms with Crippen molar-refractivity contribution in [1.82, 2.24) is 25.1 Å². The zero-order chi connectivity index (χ0) is 17.8. The molecule has 7 heteroatoms. The second-order valence-corrected chi connectivity index (χ2v) is 6.30. The minimum absolute atomic E-state index is 0.111. The Hall–Kier alpha value is -3.22. The number of aromatic nitrogens is 4. The lowest BCUT2D eigenvalue weighted by atomic mass is 9.97. The summed E-state index contributed by atoms with van der Waals surface area (Å²) in [5, 5.41) is 10.6. The first-order valence-electron chi connectivity index (χ1n) is 8.59. The Morgan fingerprint density at radius 3 is 2.96 bits per heavy atom. The number of fused-ring (bicyclic) bond motifs is 1. The summed E-state index contributed by atoms with van der Waals surface area (Å²) in [6.45, 7) is 1.28. The number of benzene rings is 1. The summed E-state index contributed by atoms with van der Waals surface area (Å²) in [7, 11) is 0. The molecule has 0 spiro atoms. The van der Waals surface area contributed by atoms with Gasteiger partial charge in [-0.1, -0.05) is 18.2 Å². The molecule has 1 aliphatic heterocycles. The van der Waals surface area contributed by atoms with Crippen LogP contribution in [-0.2, 0) is 6.42 Å². The Balaban J connectivity index is 1.41. The molecule has 1 amide bonds. The Morgan fingerprint density at radius 1 is 1.23 bits per heavy atom. The lowest BCUT2D eigenvalue weighted by molar-refractivity contribution is 0.0945. The summed E-state index contributed by atoms with van der Waals surface area (Å²) in [4.78, 5) is 16.8. The molecule has 132 valence electrons. The third-order valence-electron chi connectivity index (χ3n) is 4.51. The largest absolute Gasteiger partial charge is 0.493 e. The van der Waals surface area contributed by atoms with E-state index < -0.39 is 0 Å². The zero-order valence-electron chi connectivity index (χ0n) is 14.2. The first-order chi connectivity index (χ1) is 12.8. The Morgan fingerprint density at radius 2 is 2.08 bits per heavy atom. The van der Waals surface area contributed by atoms with Crippen molar-refractivity contribution in [2.24, 2.45) is 5.92 Å². The van der Waals surface area contributed by atoms with E-state index in [1.54, 1.807) is 35.6 Å². The summed E-state index contributed by atoms with van der Waals surface area (Å²) in [6, 6.07) is 11.5. The van der Waals surface area contributed by atoms with E-state index in [9.17, 15) is 4.79 Å². The fourth-order valence-corrected chi connectivity index (χ4v) is 3.10. The molecule has 0 aliphatic carbocycles. The second kappa shape index (κ2) is 7.35. The zero-order valence-corrected chi connectivity index (χ0v) is 14.2. The van der Waals surface area contributed by atoms with E-state index in [1.807, 2.05) is 18.2 Å². The number of nitrogens with zero attached hydrogens (tertiary/aromatic N) is 4. The highest BCUT2D eigenvalue weighted by molar-refractivity contribution is 5.94. The lowest BCUT2D eigenvalue weighted by Gasteiger charge is -2.15. The van der Waals surface area contributed by atoms with Crippen molar-refractivity contribution in [1.29, 1.82) is 0 Å². The van der Waals surface area contributed by atoms with E-state index in [1.165, 1.54) is 5.56 Å². The van der Waals surface area contributed by atoms with Gasteiger partial charge < -0.3 is 10.1 Å². The van der Waals surface area contributed by atoms with Gasteiger partial charge in [-0.05, 0) is 42.5 Å². The van der Waals surface area contributed by atoms with Crippen LogP contribution in [0.4, 0.5) is 0 Å². The highest BCUT2D eigenvalue weighted by Gasteiger charge is 2.18. The van der Waals surface area contributed by atoms with Crippen LogP contribution in [0.3, 0.4) is 0 Å². The average molecular weight is 349 g/mol. The molecule has 7 nitrogen and oxygen atoms in total. The quantitative estimate of drug-likeness (QED) is 0.779. The summed E-state index contributed by atoms with van der Waals surface area (Å²) < 4.78 is 7.45. The van der Waals surface area contributed by atoms with Crippen LogP contribution in [0.1, 0.15) is 22.3 Å². The predicted octanol–water partition coefficient (Wildman–Crippen LogP) is 2.03. The van der Waals surface area contributed by atoms with Gasteiger partial charge in [-0.3, -0.25) is 9.36 Å². The SMILES string of the molecule is O=C(NCC1CCOc2ccccc2C1)c1ccnc(-n2cnnc2)c1. The normalized spacial score (nSPS) is 16.2. The molecule has 1 aliphatic rings. The second-order valence-electron chi connectivity index (χ2n) is 6.30. The molecule has 3 aromatic rings. The summed E-state index contributed by atoms with van der Waals surface area (Å²) in [5.41, 5.74) is 1.76. The van der Waals surface area contributed by atoms with Crippen molar-refractivity contribution in [3.05, 3.63) is 66.4 Å². The van der Waals surface area contributed by atoms with Crippen LogP contribution in [-0.4, -0.2) is 38.8 Å². The molecule has 0 saturated heterocycles. The van der Waals surface area contributed by atoms with Gasteiger partial charge in [-0.2, -0.15) is 0 Å². The Bertz CT molecular complexity index is 894. The molecular weight excluding hydrogens is 330 g/mol. The first kappa shape index (κ1) is 16.3. The molecule has 2 aromatic heterocycles. The van der Waals surface area contributed by atoms with Gasteiger partial charge in [0, 0.05) is 18.3 Å². The number of amides is 1. The molecule has 0 bridgehead atoms. The van der Waals surface area contributed by atoms with Crippen molar-refractivity contribution >= 4 is 5.91 Å². The van der Waals surface area contributed by atoms with Gasteiger partial charge in [0.25, 0.3) is 5.91 Å². The molecule has 1 unspecified atom stereocenters. The van der Waals surface area contributed by atoms with Crippen LogP contribution < -0.4 is 10.1 Å². The summed E-state index contributed by atoms with van der Waals surface area (Å²) in [5.74, 6) is 1.80. The van der Waals surface area contributed by atoms with Gasteiger partial charge in [-0.15, -0.1) is 10.2 Å². The fraction of sp³-hybridized carbons (Fsp3) is 0.263. The number of carbonyl (C=O) groups is 1. The molecule has 0 saturated carbocycles. The van der Waals surface area contributed by atoms with Crippen LogP contribution in [0.2, 0.25) is 0 Å². The van der Waals surface area contributed by atoms with Crippen LogP contribution in [0.15, 0.2) is 55.2 Å². The molecule has 1 N–H and O–H groups in total. The van der Waals surface area contributed by atoms with E-state index in [2.05, 4.69) is 26.6 Å². The van der Waals surface area contributed by atoms with Gasteiger partial charge in [0.05, 0.1) is 6.61 Å². The molecular formula is C19H19N5O2. The number of pyridine rings is 1. The van der Waals surface area contributed by atoms with Crippen LogP contribution in [0.25, 0.3) is 5.82 Å². The highest BCUT2D eigenvalue weighted by Crippen LogP contribution is 2.26. The Kier molecular flexibility index (Phi) is 4.59. The van der Waals surface area contributed by atoms with E-state index >= 15 is 0 Å². The number of rotatable bonds is 4. The minimum atomic E-state index is -0.111. The van der Waals surface area contributed by atoms with Gasteiger partial charge in [0.15, 0.2) is 0 Å². The van der Waals surface area contributed by atoms with Gasteiger partial charge in [-0.25, -0.2) is 4.98 Å². The fourth-order valence-electron chi connectivity index (χ4n) is 3.10. The number of hydrogen-bond acceptors (Lipinski definition) is 5. The van der Waals surface area contributed by atoms with Crippen molar-refractivity contribution in [2.75, 3.05) is 13.2 Å². The highest BCUT2D eigenvalue weighted by atomic mass is 16.5. The van der Waals surface area contributed by atoms with Crippen molar-refractivity contribution in [3.63, 3.8) is 0 Å². The third-order valence-corrected chi connectivity index (χ3v) is 4.51. The van der Waals surface area contributed by atoms with Crippen molar-refractivity contribution in [3.8, 4) is 11.6 Å². The Labute approximate surface area is 151 Å². The number of hydrogen-bond donors (Lipinski definition) is 1. The van der Waals surface area contributed by atoms with Crippen molar-refractivity contribution < 1.29 is 9.53 Å². The maximum atomic E-state index is 12.5. The number of nitrogens with one attached hydrogen (secondary N) is 1. The maximum Gasteiger partial charge on any atom is 0.251 e. The lowest BCUT2D eigenvalue weighted by Crippen LogP contribution is -2.30. The van der Waals surface area contributed by atoms with Crippen LogP contribution >= 0.6 is 0 Å². The number of carbonyl (C=O) groups excluding carboxylic acids is 1. The van der Waals surface area contributed by atoms with E-state index in [0.717, 1.165) is 18.6 Å². The molecule has 1 atom stereocenters. The molecule has 0 fully saturated rings. The molecule has 26 heavy (non-hydrogen) atoms. The van der Waals surface area contributed by atoms with Crippen molar-refractivity contribution in [2.45, 2.75) is 12.8 Å². The van der Waals surface area contributed by atoms with E-state index in [0.29, 0.717) is 30.5 Å². The maximum absolute atomic E-state index is 12.5. The molecule has 3 heterocycles. The average Bonchev–Trinajstić information content (AvgIpc) is 3.14. The predicted molar refractivity (Wildman–Crippen MR) is 95.2 cm³/mol. The smallest absolute Gasteiger partial charge is 0.251 e. The third kappa shape index (κ3) is 3.56. The molecule has 1 aromatic carbocycles. The van der Waals surface area contributed by atoms with Crippen LogP contribution in [0.5, 0.6) is 5.75 Å². The minimum Gasteiger partial charge on any atom is -0.493 e. The van der Waals surface area contributed by atoms with Crippen LogP contribution in [0, 0.1) is 5.92 Å². The first-order valence-corrected chi connectivity index (χ1v) is 8.59. The summed E-state index contributed by atoms with van der Waals surface area (Å²) >= 11 is 0. The van der Waals surface area contributed by atoms with Gasteiger partial charge in [0.1, 0.15) is 24.2 Å².